The Kier molecular flexibility index (Phi) is 6.31. The molecule has 0 saturated carbocycles. The van der Waals surface area contributed by atoms with Gasteiger partial charge >= 0.3 is 0 Å². The molecule has 0 radical (unpaired) electrons. The molecule has 1 aliphatic heterocycles. The number of aliphatic hydroxyl groups is 1. The molecule has 0 aromatic rings. The van der Waals surface area contributed by atoms with E-state index in [9.17, 15) is 4.79 Å². The number of nitrogens with zero attached hydrogens (tertiary/aromatic N) is 1. The molecule has 5 nitrogen and oxygen atoms in total. The quantitative estimate of drug-likeness (QED) is 0.793. The summed E-state index contributed by atoms with van der Waals surface area (Å²) in [5.74, 6) is 0.579. The van der Waals surface area contributed by atoms with Gasteiger partial charge in [0.05, 0.1) is 0 Å². The predicted molar refractivity (Wildman–Crippen MR) is 72.2 cm³/mol. The van der Waals surface area contributed by atoms with Crippen LogP contribution in [0.15, 0.2) is 11.8 Å². The van der Waals surface area contributed by atoms with Crippen molar-refractivity contribution in [3.05, 3.63) is 11.8 Å². The zero-order valence-electron chi connectivity index (χ0n) is 12.3. The molecule has 0 spiro atoms. The molecule has 0 bridgehead atoms. The van der Waals surface area contributed by atoms with Gasteiger partial charge in [0, 0.05) is 33.2 Å². The average Bonchev–Trinajstić information content (AvgIpc) is 2.37. The maximum absolute atomic E-state index is 12.0. The van der Waals surface area contributed by atoms with Crippen molar-refractivity contribution in [3.8, 4) is 0 Å². The number of carbonyl (C=O) groups is 1. The number of rotatable bonds is 6. The van der Waals surface area contributed by atoms with Gasteiger partial charge < -0.3 is 19.5 Å². The second-order valence-corrected chi connectivity index (χ2v) is 5.06. The van der Waals surface area contributed by atoms with Crippen LogP contribution in [-0.2, 0) is 14.3 Å². The highest BCUT2D eigenvalue weighted by Gasteiger charge is 2.35. The van der Waals surface area contributed by atoms with Gasteiger partial charge in [-0.05, 0) is 31.8 Å². The number of carbonyl (C=O) groups excluding carboxylic acids is 1. The van der Waals surface area contributed by atoms with Gasteiger partial charge in [-0.15, -0.1) is 0 Å². The standard InChI is InChI=1S/C14H25NO4/c1-5-18-14-11(7-6-8-16)10(2)9-12(19-14)13(17)15(3)4/h9-11,14,16H,5-8H2,1-4H3/t10-,11-,14+/m0/s1. The molecule has 0 saturated heterocycles. The van der Waals surface area contributed by atoms with Gasteiger partial charge in [0.1, 0.15) is 0 Å². The first-order valence-electron chi connectivity index (χ1n) is 6.83. The lowest BCUT2D eigenvalue weighted by Crippen LogP contribution is -2.38. The normalized spacial score (nSPS) is 26.6. The van der Waals surface area contributed by atoms with Crippen LogP contribution in [0.1, 0.15) is 26.7 Å². The monoisotopic (exact) mass is 271 g/mol. The van der Waals surface area contributed by atoms with E-state index in [0.717, 1.165) is 6.42 Å². The van der Waals surface area contributed by atoms with Crippen LogP contribution in [0, 0.1) is 11.8 Å². The Balaban J connectivity index is 2.83. The number of aliphatic hydroxyl groups excluding tert-OH is 1. The summed E-state index contributed by atoms with van der Waals surface area (Å²) in [7, 11) is 3.40. The van der Waals surface area contributed by atoms with Crippen LogP contribution in [0.2, 0.25) is 0 Å². The van der Waals surface area contributed by atoms with Crippen molar-refractivity contribution in [2.75, 3.05) is 27.3 Å². The third-order valence-corrected chi connectivity index (χ3v) is 3.33. The first kappa shape index (κ1) is 16.0. The van der Waals surface area contributed by atoms with E-state index in [0.29, 0.717) is 18.8 Å². The Morgan fingerprint density at radius 2 is 2.21 bits per heavy atom. The van der Waals surface area contributed by atoms with E-state index in [1.165, 1.54) is 4.90 Å². The lowest BCUT2D eigenvalue weighted by atomic mass is 9.86. The molecule has 1 N–H and O–H groups in total. The van der Waals surface area contributed by atoms with Gasteiger partial charge in [-0.25, -0.2) is 0 Å². The van der Waals surface area contributed by atoms with Crippen LogP contribution in [0.25, 0.3) is 0 Å². The van der Waals surface area contributed by atoms with Gasteiger partial charge in [0.15, 0.2) is 5.76 Å². The van der Waals surface area contributed by atoms with E-state index >= 15 is 0 Å². The zero-order valence-corrected chi connectivity index (χ0v) is 12.3. The van der Waals surface area contributed by atoms with E-state index < -0.39 is 6.29 Å². The molecule has 5 heteroatoms. The fourth-order valence-corrected chi connectivity index (χ4v) is 2.25. The number of hydrogen-bond donors (Lipinski definition) is 1. The number of hydrogen-bond acceptors (Lipinski definition) is 4. The molecule has 1 rings (SSSR count). The molecule has 0 aromatic carbocycles. The van der Waals surface area contributed by atoms with Crippen LogP contribution < -0.4 is 0 Å². The molecular weight excluding hydrogens is 246 g/mol. The zero-order chi connectivity index (χ0) is 14.4. The maximum Gasteiger partial charge on any atom is 0.288 e. The highest BCUT2D eigenvalue weighted by Crippen LogP contribution is 2.32. The molecule has 0 unspecified atom stereocenters. The molecular formula is C14H25NO4. The van der Waals surface area contributed by atoms with E-state index in [4.69, 9.17) is 14.6 Å². The van der Waals surface area contributed by atoms with Gasteiger partial charge in [-0.2, -0.15) is 0 Å². The third-order valence-electron chi connectivity index (χ3n) is 3.33. The molecule has 110 valence electrons. The highest BCUT2D eigenvalue weighted by molar-refractivity contribution is 5.91. The number of ether oxygens (including phenoxy) is 2. The molecule has 1 amide bonds. The SMILES string of the molecule is CCO[C@@H]1OC(C(=O)N(C)C)=C[C@H](C)[C@@H]1CCCO. The second-order valence-electron chi connectivity index (χ2n) is 5.06. The fraction of sp³-hybridized carbons (Fsp3) is 0.786. The molecule has 3 atom stereocenters. The van der Waals surface area contributed by atoms with Crippen molar-refractivity contribution in [2.45, 2.75) is 33.0 Å². The van der Waals surface area contributed by atoms with Crippen LogP contribution in [0.4, 0.5) is 0 Å². The lowest BCUT2D eigenvalue weighted by Gasteiger charge is -2.35. The van der Waals surface area contributed by atoms with Crippen LogP contribution >= 0.6 is 0 Å². The van der Waals surface area contributed by atoms with Crippen LogP contribution in [0.5, 0.6) is 0 Å². The predicted octanol–water partition coefficient (Wildman–Crippen LogP) is 1.38. The summed E-state index contributed by atoms with van der Waals surface area (Å²) in [4.78, 5) is 13.4. The molecule has 1 heterocycles. The number of likely N-dealkylation sites (N-methyl/N-ethyl adjacent to an activating group) is 1. The van der Waals surface area contributed by atoms with Crippen LogP contribution in [0.3, 0.4) is 0 Å². The van der Waals surface area contributed by atoms with Crippen molar-refractivity contribution in [2.24, 2.45) is 11.8 Å². The van der Waals surface area contributed by atoms with Crippen molar-refractivity contribution in [1.82, 2.24) is 4.90 Å². The summed E-state index contributed by atoms with van der Waals surface area (Å²) in [5, 5.41) is 8.95. The van der Waals surface area contributed by atoms with E-state index in [2.05, 4.69) is 6.92 Å². The van der Waals surface area contributed by atoms with Crippen LogP contribution in [-0.4, -0.2) is 49.5 Å². The average molecular weight is 271 g/mol. The second kappa shape index (κ2) is 7.50. The largest absolute Gasteiger partial charge is 0.459 e. The Labute approximate surface area is 115 Å². The van der Waals surface area contributed by atoms with Gasteiger partial charge in [0.2, 0.25) is 6.29 Å². The van der Waals surface area contributed by atoms with Crippen molar-refractivity contribution in [1.29, 1.82) is 0 Å². The summed E-state index contributed by atoms with van der Waals surface area (Å²) in [6, 6.07) is 0. The van der Waals surface area contributed by atoms with Gasteiger partial charge in [0.25, 0.3) is 5.91 Å². The molecule has 0 fully saturated rings. The van der Waals surface area contributed by atoms with Gasteiger partial charge in [-0.1, -0.05) is 6.92 Å². The minimum atomic E-state index is -0.407. The fourth-order valence-electron chi connectivity index (χ4n) is 2.25. The smallest absolute Gasteiger partial charge is 0.288 e. The Morgan fingerprint density at radius 3 is 2.74 bits per heavy atom. The Morgan fingerprint density at radius 1 is 1.53 bits per heavy atom. The maximum atomic E-state index is 12.0. The summed E-state index contributed by atoms with van der Waals surface area (Å²) < 4.78 is 11.3. The molecule has 1 aliphatic rings. The minimum absolute atomic E-state index is 0.142. The molecule has 0 aliphatic carbocycles. The molecule has 19 heavy (non-hydrogen) atoms. The van der Waals surface area contributed by atoms with Crippen molar-refractivity contribution in [3.63, 3.8) is 0 Å². The van der Waals surface area contributed by atoms with Crippen molar-refractivity contribution >= 4 is 5.91 Å². The lowest BCUT2D eigenvalue weighted by molar-refractivity contribution is -0.173. The van der Waals surface area contributed by atoms with E-state index in [1.807, 2.05) is 13.0 Å². The first-order valence-corrected chi connectivity index (χ1v) is 6.83. The summed E-state index contributed by atoms with van der Waals surface area (Å²) >= 11 is 0. The Bertz CT molecular complexity index is 327. The van der Waals surface area contributed by atoms with E-state index in [-0.39, 0.29) is 24.3 Å². The first-order chi connectivity index (χ1) is 9.01. The number of allylic oxidation sites excluding steroid dienone is 1. The Hall–Kier alpha value is -1.07. The number of amides is 1. The summed E-state index contributed by atoms with van der Waals surface area (Å²) in [6.45, 7) is 4.66. The highest BCUT2D eigenvalue weighted by atomic mass is 16.7. The van der Waals surface area contributed by atoms with E-state index in [1.54, 1.807) is 14.1 Å². The molecule has 0 aromatic heterocycles. The summed E-state index contributed by atoms with van der Waals surface area (Å²) in [6.07, 6.45) is 2.99. The topological polar surface area (TPSA) is 59.0 Å². The summed E-state index contributed by atoms with van der Waals surface area (Å²) in [5.41, 5.74) is 0. The minimum Gasteiger partial charge on any atom is -0.459 e. The van der Waals surface area contributed by atoms with Gasteiger partial charge in [-0.3, -0.25) is 4.79 Å². The third kappa shape index (κ3) is 4.21. The van der Waals surface area contributed by atoms with Crippen molar-refractivity contribution < 1.29 is 19.4 Å².